The van der Waals surface area contributed by atoms with Gasteiger partial charge in [-0.25, -0.2) is 8.42 Å². The van der Waals surface area contributed by atoms with Crippen LogP contribution in [0.2, 0.25) is 0 Å². The van der Waals surface area contributed by atoms with Crippen molar-refractivity contribution in [2.45, 2.75) is 11.3 Å². The lowest BCUT2D eigenvalue weighted by Crippen LogP contribution is -2.51. The van der Waals surface area contributed by atoms with E-state index in [9.17, 15) is 13.0 Å². The van der Waals surface area contributed by atoms with Gasteiger partial charge in [-0.3, -0.25) is 0 Å². The molecule has 0 aliphatic carbocycles. The molecule has 0 heterocycles. The number of quaternary nitrogens is 1. The molecule has 0 atom stereocenters. The molecular weight excluding hydrogens is 310 g/mol. The van der Waals surface area contributed by atoms with Gasteiger partial charge in [0, 0.05) is 6.42 Å². The second-order valence-corrected chi connectivity index (χ2v) is 6.43. The van der Waals surface area contributed by atoms with Gasteiger partial charge in [0.15, 0.2) is 0 Å². The van der Waals surface area contributed by atoms with E-state index in [1.807, 2.05) is 18.2 Å². The molecule has 0 radical (unpaired) electrons. The Morgan fingerprint density at radius 3 is 2.04 bits per heavy atom. The van der Waals surface area contributed by atoms with E-state index in [1.54, 1.807) is 18.2 Å². The van der Waals surface area contributed by atoms with Gasteiger partial charge in [-0.05, 0) is 28.5 Å². The lowest BCUT2D eigenvalue weighted by atomic mass is 10.1. The Labute approximate surface area is 136 Å². The molecule has 0 aliphatic heterocycles. The van der Waals surface area contributed by atoms with Crippen LogP contribution in [0.1, 0.15) is 5.56 Å². The quantitative estimate of drug-likeness (QED) is 0.748. The van der Waals surface area contributed by atoms with Crippen molar-refractivity contribution in [1.82, 2.24) is 0 Å². The maximum absolute atomic E-state index is 10.7. The Kier molecular flexibility index (Phi) is 5.87. The average molecular weight is 329 g/mol. The molecule has 3 rings (SSSR count). The Morgan fingerprint density at radius 1 is 0.826 bits per heavy atom. The number of rotatable bonds is 3. The van der Waals surface area contributed by atoms with Crippen LogP contribution in [0.4, 0.5) is 0 Å². The first kappa shape index (κ1) is 17.1. The highest BCUT2D eigenvalue weighted by atomic mass is 32.2. The minimum atomic E-state index is -4.34. The fraction of sp³-hybridized carbons (Fsp3) is 0.111. The second-order valence-electron chi connectivity index (χ2n) is 5.05. The van der Waals surface area contributed by atoms with Crippen LogP contribution in [0.15, 0.2) is 77.7 Å². The molecule has 0 saturated carbocycles. The highest BCUT2D eigenvalue weighted by Crippen LogP contribution is 2.18. The lowest BCUT2D eigenvalue weighted by Gasteiger charge is -2.07. The van der Waals surface area contributed by atoms with Crippen LogP contribution in [0, 0.1) is 0 Å². The summed E-state index contributed by atoms with van der Waals surface area (Å²) in [5.41, 5.74) is 5.16. The molecule has 3 N–H and O–H groups in total. The van der Waals surface area contributed by atoms with Gasteiger partial charge in [-0.1, -0.05) is 60.7 Å². The largest absolute Gasteiger partial charge is 0.744 e. The Hall–Kier alpha value is -2.21. The van der Waals surface area contributed by atoms with Gasteiger partial charge in [0.2, 0.25) is 0 Å². The van der Waals surface area contributed by atoms with E-state index >= 15 is 0 Å². The van der Waals surface area contributed by atoms with Crippen LogP contribution in [-0.2, 0) is 16.5 Å². The number of benzene rings is 3. The summed E-state index contributed by atoms with van der Waals surface area (Å²) in [5.74, 6) is 0. The van der Waals surface area contributed by atoms with Gasteiger partial charge in [0.05, 0.1) is 11.4 Å². The van der Waals surface area contributed by atoms with E-state index < -0.39 is 10.1 Å². The minimum Gasteiger partial charge on any atom is -0.744 e. The third-order valence-electron chi connectivity index (χ3n) is 3.32. The molecular formula is C18H19NO3S. The molecule has 0 fully saturated rings. The lowest BCUT2D eigenvalue weighted by molar-refractivity contribution is -0.366. The monoisotopic (exact) mass is 329 g/mol. The van der Waals surface area contributed by atoms with Crippen molar-refractivity contribution >= 4 is 20.9 Å². The van der Waals surface area contributed by atoms with E-state index in [0.717, 1.165) is 23.7 Å². The van der Waals surface area contributed by atoms with E-state index in [2.05, 4.69) is 30.0 Å². The molecule has 0 amide bonds. The second kappa shape index (κ2) is 7.87. The van der Waals surface area contributed by atoms with Gasteiger partial charge in [0.1, 0.15) is 10.1 Å². The van der Waals surface area contributed by atoms with E-state index in [-0.39, 0.29) is 4.90 Å². The molecule has 0 saturated heterocycles. The number of hydrogen-bond acceptors (Lipinski definition) is 3. The van der Waals surface area contributed by atoms with Crippen LogP contribution in [0.25, 0.3) is 10.8 Å². The zero-order valence-electron chi connectivity index (χ0n) is 12.7. The summed E-state index contributed by atoms with van der Waals surface area (Å²) in [6.07, 6.45) is 1.10. The molecule has 0 spiro atoms. The van der Waals surface area contributed by atoms with Crippen molar-refractivity contribution < 1.29 is 18.7 Å². The topological polar surface area (TPSA) is 84.8 Å². The predicted molar refractivity (Wildman–Crippen MR) is 89.8 cm³/mol. The fourth-order valence-electron chi connectivity index (χ4n) is 2.17. The van der Waals surface area contributed by atoms with Gasteiger partial charge in [-0.2, -0.15) is 0 Å². The summed E-state index contributed by atoms with van der Waals surface area (Å²) in [7, 11) is -4.34. The minimum absolute atomic E-state index is 0.184. The summed E-state index contributed by atoms with van der Waals surface area (Å²) in [4.78, 5) is -0.184. The van der Waals surface area contributed by atoms with Crippen LogP contribution < -0.4 is 5.73 Å². The third-order valence-corrected chi connectivity index (χ3v) is 4.15. The fourth-order valence-corrected chi connectivity index (χ4v) is 2.68. The highest BCUT2D eigenvalue weighted by molar-refractivity contribution is 7.85. The van der Waals surface area contributed by atoms with Gasteiger partial charge in [-0.15, -0.1) is 0 Å². The summed E-state index contributed by atoms with van der Waals surface area (Å²) < 4.78 is 32.2. The van der Waals surface area contributed by atoms with E-state index in [4.69, 9.17) is 0 Å². The zero-order valence-corrected chi connectivity index (χ0v) is 13.5. The van der Waals surface area contributed by atoms with Crippen LogP contribution in [0.3, 0.4) is 0 Å². The standard InChI is InChI=1S/C10H8O3S.C8H11N/c11-14(12,13)10-6-5-8-3-1-2-4-9(8)7-10;9-7-6-8-4-2-1-3-5-8/h1-7H,(H,11,12,13);1-5H,6-7,9H2. The third kappa shape index (κ3) is 5.17. The van der Waals surface area contributed by atoms with Crippen molar-refractivity contribution in [3.63, 3.8) is 0 Å². The Balaban J connectivity index is 0.000000185. The highest BCUT2D eigenvalue weighted by Gasteiger charge is 2.01. The summed E-state index contributed by atoms with van der Waals surface area (Å²) in [5, 5.41) is 1.67. The van der Waals surface area contributed by atoms with Gasteiger partial charge >= 0.3 is 0 Å². The average Bonchev–Trinajstić information content (AvgIpc) is 2.55. The normalized spacial score (nSPS) is 10.9. The molecule has 5 heteroatoms. The van der Waals surface area contributed by atoms with Crippen molar-refractivity contribution in [1.29, 1.82) is 0 Å². The molecule has 3 aromatic rings. The molecule has 0 aromatic heterocycles. The van der Waals surface area contributed by atoms with E-state index in [0.29, 0.717) is 0 Å². The maximum Gasteiger partial charge on any atom is 0.124 e. The summed E-state index contributed by atoms with van der Waals surface area (Å²) in [6.45, 7) is 0.990. The van der Waals surface area contributed by atoms with Crippen LogP contribution in [-0.4, -0.2) is 19.5 Å². The molecule has 0 bridgehead atoms. The zero-order chi connectivity index (χ0) is 16.7. The number of hydrogen-bond donors (Lipinski definition) is 1. The molecule has 120 valence electrons. The van der Waals surface area contributed by atoms with Crippen molar-refractivity contribution in [2.75, 3.05) is 6.54 Å². The van der Waals surface area contributed by atoms with E-state index in [1.165, 1.54) is 17.7 Å². The predicted octanol–water partition coefficient (Wildman–Crippen LogP) is 2.21. The van der Waals surface area contributed by atoms with Gasteiger partial charge < -0.3 is 10.3 Å². The molecule has 3 aromatic carbocycles. The maximum atomic E-state index is 10.7. The Bertz CT molecular complexity index is 862. The molecule has 4 nitrogen and oxygen atoms in total. The molecule has 0 aliphatic rings. The van der Waals surface area contributed by atoms with Crippen molar-refractivity contribution in [3.05, 3.63) is 78.4 Å². The first-order valence-electron chi connectivity index (χ1n) is 7.28. The van der Waals surface area contributed by atoms with Crippen LogP contribution in [0.5, 0.6) is 0 Å². The Morgan fingerprint density at radius 2 is 1.43 bits per heavy atom. The molecule has 0 unspecified atom stereocenters. The SMILES string of the molecule is O=S(=O)([O-])c1ccc2ccccc2c1.[NH3+]CCc1ccccc1. The van der Waals surface area contributed by atoms with Gasteiger partial charge in [0.25, 0.3) is 0 Å². The van der Waals surface area contributed by atoms with Crippen LogP contribution >= 0.6 is 0 Å². The smallest absolute Gasteiger partial charge is 0.124 e. The first-order valence-corrected chi connectivity index (χ1v) is 8.69. The first-order chi connectivity index (χ1) is 11.0. The summed E-state index contributed by atoms with van der Waals surface area (Å²) in [6, 6.07) is 22.0. The summed E-state index contributed by atoms with van der Waals surface area (Å²) >= 11 is 0. The number of fused-ring (bicyclic) bond motifs is 1. The molecule has 23 heavy (non-hydrogen) atoms. The van der Waals surface area contributed by atoms with Crippen molar-refractivity contribution in [3.8, 4) is 0 Å². The van der Waals surface area contributed by atoms with Crippen molar-refractivity contribution in [2.24, 2.45) is 0 Å².